The second kappa shape index (κ2) is 9.67. The highest BCUT2D eigenvalue weighted by atomic mass is 35.5. The van der Waals surface area contributed by atoms with E-state index in [4.69, 9.17) is 11.6 Å². The lowest BCUT2D eigenvalue weighted by molar-refractivity contribution is 0.477. The van der Waals surface area contributed by atoms with Gasteiger partial charge >= 0.3 is 5.69 Å². The van der Waals surface area contributed by atoms with Crippen LogP contribution in [0.3, 0.4) is 0 Å². The van der Waals surface area contributed by atoms with Gasteiger partial charge in [-0.05, 0) is 53.9 Å². The van der Waals surface area contributed by atoms with E-state index in [9.17, 15) is 9.90 Å². The lowest BCUT2D eigenvalue weighted by Crippen LogP contribution is -2.34. The van der Waals surface area contributed by atoms with E-state index in [1.807, 2.05) is 12.1 Å². The SMILES string of the molecule is CCC1=CN(c2cc(-c3cc(F)cc(-c4ccc(-n5ccn(C)c5=O)c(Cl)c4)c3O)cc3[nH]ncc23)CCN1. The largest absolute Gasteiger partial charge is 0.507 e. The predicted octanol–water partition coefficient (Wildman–Crippen LogP) is 5.55. The Hall–Kier alpha value is -4.50. The normalized spacial score (nSPS) is 13.5. The third-order valence-electron chi connectivity index (χ3n) is 7.09. The molecule has 3 aromatic carbocycles. The lowest BCUT2D eigenvalue weighted by atomic mass is 9.95. The topological polar surface area (TPSA) is 91.1 Å². The summed E-state index contributed by atoms with van der Waals surface area (Å²) >= 11 is 6.56. The first-order valence-corrected chi connectivity index (χ1v) is 13.0. The molecule has 8 nitrogen and oxygen atoms in total. The Bertz CT molecular complexity index is 1820. The van der Waals surface area contributed by atoms with Crippen LogP contribution in [0.15, 0.2) is 77.7 Å². The molecule has 39 heavy (non-hydrogen) atoms. The van der Waals surface area contributed by atoms with Crippen molar-refractivity contribution < 1.29 is 9.50 Å². The van der Waals surface area contributed by atoms with Gasteiger partial charge in [0.05, 0.1) is 28.1 Å². The minimum absolute atomic E-state index is 0.0768. The van der Waals surface area contributed by atoms with Gasteiger partial charge < -0.3 is 19.9 Å². The molecule has 10 heteroatoms. The van der Waals surface area contributed by atoms with Crippen molar-refractivity contribution in [1.29, 1.82) is 0 Å². The maximum atomic E-state index is 15.0. The van der Waals surface area contributed by atoms with Crippen molar-refractivity contribution in [2.75, 3.05) is 18.0 Å². The monoisotopic (exact) mass is 544 g/mol. The van der Waals surface area contributed by atoms with Crippen LogP contribution in [-0.2, 0) is 7.05 Å². The number of aromatic nitrogens is 4. The summed E-state index contributed by atoms with van der Waals surface area (Å²) in [5.41, 5.74) is 4.86. The number of hydrogen-bond acceptors (Lipinski definition) is 5. The highest BCUT2D eigenvalue weighted by Crippen LogP contribution is 2.42. The van der Waals surface area contributed by atoms with Crippen LogP contribution in [0.4, 0.5) is 10.1 Å². The van der Waals surface area contributed by atoms with Gasteiger partial charge in [-0.15, -0.1) is 0 Å². The Morgan fingerprint density at radius 2 is 1.87 bits per heavy atom. The number of aryl methyl sites for hydroxylation is 1. The first-order valence-electron chi connectivity index (χ1n) is 12.6. The molecular formula is C29H26ClFN6O2. The average Bonchev–Trinajstić information content (AvgIpc) is 3.55. The fourth-order valence-electron chi connectivity index (χ4n) is 5.02. The van der Waals surface area contributed by atoms with Crippen molar-refractivity contribution in [3.63, 3.8) is 0 Å². The van der Waals surface area contributed by atoms with E-state index in [1.54, 1.807) is 43.8 Å². The summed E-state index contributed by atoms with van der Waals surface area (Å²) in [6.07, 6.45) is 7.99. The van der Waals surface area contributed by atoms with E-state index >= 15 is 4.39 Å². The van der Waals surface area contributed by atoms with E-state index in [2.05, 4.69) is 33.5 Å². The maximum absolute atomic E-state index is 15.0. The number of nitrogens with zero attached hydrogens (tertiary/aromatic N) is 4. The standard InChI is InChI=1S/C29H26ClFN6O2/c1-3-20-16-36(7-6-32-20)27-12-18(11-25-23(27)15-33-34-25)22-14-19(31)13-21(28(22)38)17-4-5-26(24(30)10-17)37-9-8-35(2)29(37)39/h4-5,8-16,32,38H,3,6-7H2,1-2H3,(H,33,34). The summed E-state index contributed by atoms with van der Waals surface area (Å²) in [6.45, 7) is 3.64. The van der Waals surface area contributed by atoms with Crippen LogP contribution in [0.25, 0.3) is 38.8 Å². The number of nitrogens with one attached hydrogen (secondary N) is 2. The highest BCUT2D eigenvalue weighted by Gasteiger charge is 2.20. The Morgan fingerprint density at radius 3 is 2.59 bits per heavy atom. The summed E-state index contributed by atoms with van der Waals surface area (Å²) in [7, 11) is 1.65. The molecule has 0 unspecified atom stereocenters. The Morgan fingerprint density at radius 1 is 1.08 bits per heavy atom. The zero-order valence-corrected chi connectivity index (χ0v) is 22.1. The summed E-state index contributed by atoms with van der Waals surface area (Å²) in [6, 6.07) is 11.4. The second-order valence-electron chi connectivity index (χ2n) is 9.53. The third-order valence-corrected chi connectivity index (χ3v) is 7.40. The van der Waals surface area contributed by atoms with Crippen LogP contribution in [0.2, 0.25) is 5.02 Å². The number of benzene rings is 3. The molecule has 0 saturated heterocycles. The van der Waals surface area contributed by atoms with Crippen LogP contribution in [0.5, 0.6) is 5.75 Å². The van der Waals surface area contributed by atoms with E-state index in [0.29, 0.717) is 33.0 Å². The van der Waals surface area contributed by atoms with Crippen LogP contribution in [0.1, 0.15) is 13.3 Å². The molecule has 3 heterocycles. The van der Waals surface area contributed by atoms with E-state index in [-0.39, 0.29) is 11.4 Å². The van der Waals surface area contributed by atoms with Crippen molar-refractivity contribution in [3.05, 3.63) is 94.3 Å². The van der Waals surface area contributed by atoms with E-state index < -0.39 is 5.82 Å². The third kappa shape index (κ3) is 4.34. The number of anilines is 1. The molecule has 1 aliphatic heterocycles. The van der Waals surface area contributed by atoms with Gasteiger partial charge in [0, 0.05) is 60.9 Å². The highest BCUT2D eigenvalue weighted by molar-refractivity contribution is 6.32. The predicted molar refractivity (Wildman–Crippen MR) is 152 cm³/mol. The van der Waals surface area contributed by atoms with Gasteiger partial charge in [0.2, 0.25) is 0 Å². The number of halogens is 2. The molecule has 0 aliphatic carbocycles. The second-order valence-corrected chi connectivity index (χ2v) is 9.94. The molecular weight excluding hydrogens is 519 g/mol. The lowest BCUT2D eigenvalue weighted by Gasteiger charge is -2.28. The molecule has 2 aromatic heterocycles. The first-order chi connectivity index (χ1) is 18.8. The molecule has 0 radical (unpaired) electrons. The number of phenolic OH excluding ortho intramolecular Hbond substituents is 1. The quantitative estimate of drug-likeness (QED) is 0.270. The summed E-state index contributed by atoms with van der Waals surface area (Å²) in [4.78, 5) is 14.5. The Balaban J connectivity index is 1.47. The summed E-state index contributed by atoms with van der Waals surface area (Å²) in [5.74, 6) is -0.578. The maximum Gasteiger partial charge on any atom is 0.332 e. The van der Waals surface area contributed by atoms with Crippen molar-refractivity contribution in [3.8, 4) is 33.7 Å². The molecule has 0 spiro atoms. The van der Waals surface area contributed by atoms with Gasteiger partial charge in [-0.25, -0.2) is 9.18 Å². The number of allylic oxidation sites excluding steroid dienone is 1. The number of H-pyrrole nitrogens is 1. The molecule has 6 rings (SSSR count). The van der Waals surface area contributed by atoms with Gasteiger partial charge in [0.1, 0.15) is 11.6 Å². The van der Waals surface area contributed by atoms with Gasteiger partial charge in [0.25, 0.3) is 0 Å². The van der Waals surface area contributed by atoms with Gasteiger partial charge in [0.15, 0.2) is 0 Å². The molecule has 0 atom stereocenters. The van der Waals surface area contributed by atoms with Gasteiger partial charge in [-0.3, -0.25) is 9.67 Å². The van der Waals surface area contributed by atoms with Gasteiger partial charge in [-0.2, -0.15) is 5.10 Å². The van der Waals surface area contributed by atoms with Crippen molar-refractivity contribution in [2.24, 2.45) is 7.05 Å². The van der Waals surface area contributed by atoms with E-state index in [0.717, 1.165) is 41.8 Å². The van der Waals surface area contributed by atoms with Crippen molar-refractivity contribution in [1.82, 2.24) is 24.6 Å². The zero-order valence-electron chi connectivity index (χ0n) is 21.4. The van der Waals surface area contributed by atoms with Crippen molar-refractivity contribution in [2.45, 2.75) is 13.3 Å². The summed E-state index contributed by atoms with van der Waals surface area (Å²) < 4.78 is 17.9. The Labute approximate surface area is 228 Å². The number of aromatic hydroxyl groups is 1. The molecule has 198 valence electrons. The molecule has 0 saturated carbocycles. The van der Waals surface area contributed by atoms with Crippen LogP contribution in [0, 0.1) is 5.82 Å². The molecule has 0 fully saturated rings. The molecule has 0 amide bonds. The molecule has 5 aromatic rings. The minimum atomic E-state index is -0.501. The van der Waals surface area contributed by atoms with Crippen molar-refractivity contribution >= 4 is 28.2 Å². The average molecular weight is 545 g/mol. The molecule has 0 bridgehead atoms. The number of hydrogen-bond donors (Lipinski definition) is 3. The van der Waals surface area contributed by atoms with Gasteiger partial charge in [-0.1, -0.05) is 24.6 Å². The molecule has 3 N–H and O–H groups in total. The minimum Gasteiger partial charge on any atom is -0.507 e. The summed E-state index contributed by atoms with van der Waals surface area (Å²) in [5, 5.41) is 23.3. The fourth-order valence-corrected chi connectivity index (χ4v) is 5.30. The first kappa shape index (κ1) is 24.8. The number of fused-ring (bicyclic) bond motifs is 1. The number of rotatable bonds is 5. The number of phenols is 1. The number of aromatic amines is 1. The number of imidazole rings is 1. The zero-order chi connectivity index (χ0) is 27.3. The molecule has 1 aliphatic rings. The van der Waals surface area contributed by atoms with Crippen LogP contribution < -0.4 is 15.9 Å². The van der Waals surface area contributed by atoms with E-state index in [1.165, 1.54) is 21.3 Å². The Kier molecular flexibility index (Phi) is 6.15. The smallest absolute Gasteiger partial charge is 0.332 e. The van der Waals surface area contributed by atoms with Crippen LogP contribution >= 0.6 is 11.6 Å². The van der Waals surface area contributed by atoms with Crippen LogP contribution in [-0.4, -0.2) is 37.5 Å². The fraction of sp³-hybridized carbons (Fsp3) is 0.172.